The van der Waals surface area contributed by atoms with Crippen LogP contribution in [0.2, 0.25) is 0 Å². The normalized spacial score (nSPS) is 14.1. The first-order valence-corrected chi connectivity index (χ1v) is 7.83. The second-order valence-corrected chi connectivity index (χ2v) is 5.80. The molecule has 0 aliphatic carbocycles. The van der Waals surface area contributed by atoms with Crippen LogP contribution in [0.15, 0.2) is 54.7 Å². The van der Waals surface area contributed by atoms with Gasteiger partial charge >= 0.3 is 0 Å². The molecular weight excluding hydrogens is 272 g/mol. The van der Waals surface area contributed by atoms with E-state index in [9.17, 15) is 0 Å². The van der Waals surface area contributed by atoms with Crippen molar-refractivity contribution >= 4 is 5.65 Å². The fourth-order valence-corrected chi connectivity index (χ4v) is 2.77. The quantitative estimate of drug-likeness (QED) is 0.757. The number of rotatable bonds is 6. The summed E-state index contributed by atoms with van der Waals surface area (Å²) >= 11 is 0. The van der Waals surface area contributed by atoms with Crippen LogP contribution < -0.4 is 5.32 Å². The largest absolute Gasteiger partial charge is 0.305 e. The second kappa shape index (κ2) is 6.71. The molecular formula is C18H22N4. The Morgan fingerprint density at radius 2 is 1.77 bits per heavy atom. The summed E-state index contributed by atoms with van der Waals surface area (Å²) in [5, 5.41) is 12.2. The first-order chi connectivity index (χ1) is 10.7. The van der Waals surface area contributed by atoms with E-state index in [1.807, 2.05) is 28.8 Å². The number of aryl methyl sites for hydroxylation is 1. The van der Waals surface area contributed by atoms with Crippen LogP contribution in [0.25, 0.3) is 5.65 Å². The first-order valence-electron chi connectivity index (χ1n) is 7.83. The number of nitrogens with zero attached hydrogens (tertiary/aromatic N) is 3. The molecule has 2 atom stereocenters. The maximum absolute atomic E-state index is 4.32. The van der Waals surface area contributed by atoms with Gasteiger partial charge in [-0.1, -0.05) is 36.4 Å². The van der Waals surface area contributed by atoms with Crippen LogP contribution in [0, 0.1) is 0 Å². The van der Waals surface area contributed by atoms with Crippen LogP contribution in [0.3, 0.4) is 0 Å². The molecule has 0 saturated carbocycles. The maximum Gasteiger partial charge on any atom is 0.160 e. The van der Waals surface area contributed by atoms with Gasteiger partial charge in [-0.05, 0) is 44.4 Å². The molecule has 0 bridgehead atoms. The molecule has 0 radical (unpaired) electrons. The molecule has 0 amide bonds. The summed E-state index contributed by atoms with van der Waals surface area (Å²) in [4.78, 5) is 0. The van der Waals surface area contributed by atoms with E-state index in [0.29, 0.717) is 6.04 Å². The summed E-state index contributed by atoms with van der Waals surface area (Å²) in [7, 11) is 0. The third-order valence-electron chi connectivity index (χ3n) is 3.97. The zero-order valence-corrected chi connectivity index (χ0v) is 13.1. The Morgan fingerprint density at radius 3 is 2.59 bits per heavy atom. The van der Waals surface area contributed by atoms with E-state index in [1.54, 1.807) is 0 Å². The van der Waals surface area contributed by atoms with E-state index >= 15 is 0 Å². The minimum atomic E-state index is 0.170. The number of hydrogen-bond donors (Lipinski definition) is 1. The molecule has 22 heavy (non-hydrogen) atoms. The van der Waals surface area contributed by atoms with Crippen molar-refractivity contribution in [1.82, 2.24) is 19.9 Å². The number of benzene rings is 1. The van der Waals surface area contributed by atoms with Gasteiger partial charge in [0.15, 0.2) is 11.5 Å². The highest BCUT2D eigenvalue weighted by Gasteiger charge is 2.15. The molecule has 1 N–H and O–H groups in total. The van der Waals surface area contributed by atoms with Gasteiger partial charge in [0, 0.05) is 12.2 Å². The molecule has 0 aliphatic heterocycles. The molecule has 0 aliphatic rings. The highest BCUT2D eigenvalue weighted by Crippen LogP contribution is 2.14. The molecule has 1 aromatic carbocycles. The summed E-state index contributed by atoms with van der Waals surface area (Å²) in [6.07, 6.45) is 4.20. The SMILES string of the molecule is CC(CCc1ccccc1)NC(C)c1nnc2ccccn12. The van der Waals surface area contributed by atoms with Crippen molar-refractivity contribution in [3.05, 3.63) is 66.1 Å². The monoisotopic (exact) mass is 294 g/mol. The predicted molar refractivity (Wildman–Crippen MR) is 88.8 cm³/mol. The van der Waals surface area contributed by atoms with Crippen molar-refractivity contribution in [2.24, 2.45) is 0 Å². The molecule has 2 aromatic heterocycles. The van der Waals surface area contributed by atoms with Crippen LogP contribution in [0.4, 0.5) is 0 Å². The van der Waals surface area contributed by atoms with Gasteiger partial charge in [-0.3, -0.25) is 4.40 Å². The zero-order valence-electron chi connectivity index (χ0n) is 13.1. The maximum atomic E-state index is 4.32. The summed E-state index contributed by atoms with van der Waals surface area (Å²) < 4.78 is 2.04. The number of aromatic nitrogens is 3. The van der Waals surface area contributed by atoms with Gasteiger partial charge in [-0.15, -0.1) is 10.2 Å². The molecule has 4 heteroatoms. The van der Waals surface area contributed by atoms with E-state index in [-0.39, 0.29) is 6.04 Å². The van der Waals surface area contributed by atoms with Crippen LogP contribution in [0.5, 0.6) is 0 Å². The highest BCUT2D eigenvalue weighted by atomic mass is 15.3. The fourth-order valence-electron chi connectivity index (χ4n) is 2.77. The molecule has 2 unspecified atom stereocenters. The minimum Gasteiger partial charge on any atom is -0.305 e. The lowest BCUT2D eigenvalue weighted by molar-refractivity contribution is 0.441. The zero-order chi connectivity index (χ0) is 15.4. The van der Waals surface area contributed by atoms with E-state index in [0.717, 1.165) is 24.3 Å². The number of hydrogen-bond acceptors (Lipinski definition) is 3. The Bertz CT molecular complexity index is 720. The minimum absolute atomic E-state index is 0.170. The Balaban J connectivity index is 1.60. The van der Waals surface area contributed by atoms with Gasteiger partial charge in [-0.25, -0.2) is 0 Å². The van der Waals surface area contributed by atoms with Crippen molar-refractivity contribution in [3.8, 4) is 0 Å². The van der Waals surface area contributed by atoms with E-state index in [4.69, 9.17) is 0 Å². The Morgan fingerprint density at radius 1 is 1.00 bits per heavy atom. The lowest BCUT2D eigenvalue weighted by atomic mass is 10.1. The summed E-state index contributed by atoms with van der Waals surface area (Å²) in [6, 6.07) is 17.2. The van der Waals surface area contributed by atoms with Crippen molar-refractivity contribution in [3.63, 3.8) is 0 Å². The number of nitrogens with one attached hydrogen (secondary N) is 1. The first kappa shape index (κ1) is 14.7. The van der Waals surface area contributed by atoms with Gasteiger partial charge in [-0.2, -0.15) is 0 Å². The van der Waals surface area contributed by atoms with E-state index < -0.39 is 0 Å². The highest BCUT2D eigenvalue weighted by molar-refractivity contribution is 5.37. The van der Waals surface area contributed by atoms with Gasteiger partial charge in [0.1, 0.15) is 0 Å². The fraction of sp³-hybridized carbons (Fsp3) is 0.333. The van der Waals surface area contributed by atoms with Crippen LogP contribution in [0.1, 0.15) is 37.7 Å². The molecule has 4 nitrogen and oxygen atoms in total. The standard InChI is InChI=1S/C18H22N4/c1-14(11-12-16-8-4-3-5-9-16)19-15(2)18-21-20-17-10-6-7-13-22(17)18/h3-10,13-15,19H,11-12H2,1-2H3. The Labute approximate surface area is 131 Å². The molecule has 0 spiro atoms. The molecule has 0 fully saturated rings. The van der Waals surface area contributed by atoms with Crippen LogP contribution in [-0.2, 0) is 6.42 Å². The smallest absolute Gasteiger partial charge is 0.160 e. The predicted octanol–water partition coefficient (Wildman–Crippen LogP) is 3.40. The van der Waals surface area contributed by atoms with Gasteiger partial charge in [0.2, 0.25) is 0 Å². The topological polar surface area (TPSA) is 42.2 Å². The molecule has 114 valence electrons. The number of pyridine rings is 1. The van der Waals surface area contributed by atoms with Crippen LogP contribution in [-0.4, -0.2) is 20.6 Å². The third-order valence-corrected chi connectivity index (χ3v) is 3.97. The Hall–Kier alpha value is -2.20. The molecule has 3 aromatic rings. The van der Waals surface area contributed by atoms with Gasteiger partial charge in [0.05, 0.1) is 6.04 Å². The van der Waals surface area contributed by atoms with Crippen molar-refractivity contribution in [2.75, 3.05) is 0 Å². The second-order valence-electron chi connectivity index (χ2n) is 5.80. The van der Waals surface area contributed by atoms with Crippen molar-refractivity contribution in [2.45, 2.75) is 38.8 Å². The average molecular weight is 294 g/mol. The Kier molecular flexibility index (Phi) is 4.49. The lowest BCUT2D eigenvalue weighted by Crippen LogP contribution is -2.30. The van der Waals surface area contributed by atoms with E-state index in [2.05, 4.69) is 59.7 Å². The van der Waals surface area contributed by atoms with Crippen molar-refractivity contribution in [1.29, 1.82) is 0 Å². The summed E-state index contributed by atoms with van der Waals surface area (Å²) in [6.45, 7) is 4.37. The summed E-state index contributed by atoms with van der Waals surface area (Å²) in [5.41, 5.74) is 2.28. The lowest BCUT2D eigenvalue weighted by Gasteiger charge is -2.19. The van der Waals surface area contributed by atoms with Gasteiger partial charge < -0.3 is 5.32 Å². The van der Waals surface area contributed by atoms with E-state index in [1.165, 1.54) is 5.56 Å². The third kappa shape index (κ3) is 3.34. The number of fused-ring (bicyclic) bond motifs is 1. The molecule has 0 saturated heterocycles. The van der Waals surface area contributed by atoms with Gasteiger partial charge in [0.25, 0.3) is 0 Å². The molecule has 3 rings (SSSR count). The van der Waals surface area contributed by atoms with Crippen molar-refractivity contribution < 1.29 is 0 Å². The van der Waals surface area contributed by atoms with Crippen LogP contribution >= 0.6 is 0 Å². The molecule has 2 heterocycles. The average Bonchev–Trinajstić information content (AvgIpc) is 2.98. The summed E-state index contributed by atoms with van der Waals surface area (Å²) in [5.74, 6) is 0.960.